The Morgan fingerprint density at radius 1 is 1.09 bits per heavy atom. The molecule has 5 heteroatoms. The smallest absolute Gasteiger partial charge is 0.239 e. The molecular formula is C17H26N2O3. The summed E-state index contributed by atoms with van der Waals surface area (Å²) in [6.45, 7) is 6.24. The van der Waals surface area contributed by atoms with Gasteiger partial charge in [0.05, 0.1) is 12.6 Å². The molecule has 0 bridgehead atoms. The molecule has 0 aromatic heterocycles. The van der Waals surface area contributed by atoms with Crippen LogP contribution in [0.4, 0.5) is 0 Å². The number of nitrogens with one attached hydrogen (secondary N) is 2. The Labute approximate surface area is 132 Å². The van der Waals surface area contributed by atoms with Gasteiger partial charge in [0.25, 0.3) is 0 Å². The van der Waals surface area contributed by atoms with Crippen molar-refractivity contribution in [1.82, 2.24) is 10.6 Å². The lowest BCUT2D eigenvalue weighted by atomic mass is 9.92. The first-order valence-electron chi connectivity index (χ1n) is 7.54. The number of benzene rings is 1. The van der Waals surface area contributed by atoms with E-state index in [1.54, 1.807) is 0 Å². The van der Waals surface area contributed by atoms with E-state index < -0.39 is 6.10 Å². The zero-order chi connectivity index (χ0) is 16.6. The Hall–Kier alpha value is -1.88. The summed E-state index contributed by atoms with van der Waals surface area (Å²) in [4.78, 5) is 23.2. The molecule has 2 amide bonds. The van der Waals surface area contributed by atoms with Crippen LogP contribution in [0.2, 0.25) is 0 Å². The lowest BCUT2D eigenvalue weighted by Gasteiger charge is -2.17. The highest BCUT2D eigenvalue weighted by Gasteiger charge is 2.16. The van der Waals surface area contributed by atoms with Gasteiger partial charge in [-0.05, 0) is 17.4 Å². The second kappa shape index (κ2) is 8.54. The minimum atomic E-state index is -0.600. The van der Waals surface area contributed by atoms with E-state index in [2.05, 4.69) is 10.6 Å². The SMILES string of the molecule is CC(C)(C)CC(=O)NCC(=O)NCCC(O)c1ccccc1. The number of hydrogen-bond donors (Lipinski definition) is 3. The van der Waals surface area contributed by atoms with Crippen molar-refractivity contribution in [2.24, 2.45) is 5.41 Å². The number of aliphatic hydroxyl groups excluding tert-OH is 1. The fourth-order valence-electron chi connectivity index (χ4n) is 1.98. The summed E-state index contributed by atoms with van der Waals surface area (Å²) in [6.07, 6.45) is 0.218. The van der Waals surface area contributed by atoms with Gasteiger partial charge in [0.2, 0.25) is 11.8 Å². The van der Waals surface area contributed by atoms with Gasteiger partial charge >= 0.3 is 0 Å². The van der Waals surface area contributed by atoms with E-state index >= 15 is 0 Å². The van der Waals surface area contributed by atoms with Gasteiger partial charge in [-0.15, -0.1) is 0 Å². The van der Waals surface area contributed by atoms with Crippen LogP contribution in [0, 0.1) is 5.41 Å². The van der Waals surface area contributed by atoms with Crippen LogP contribution in [0.3, 0.4) is 0 Å². The van der Waals surface area contributed by atoms with Crippen LogP contribution < -0.4 is 10.6 Å². The number of aliphatic hydroxyl groups is 1. The quantitative estimate of drug-likeness (QED) is 0.718. The van der Waals surface area contributed by atoms with Crippen LogP contribution in [0.1, 0.15) is 45.3 Å². The highest BCUT2D eigenvalue weighted by atomic mass is 16.3. The zero-order valence-electron chi connectivity index (χ0n) is 13.6. The normalized spacial score (nSPS) is 12.5. The van der Waals surface area contributed by atoms with Gasteiger partial charge in [0, 0.05) is 13.0 Å². The van der Waals surface area contributed by atoms with Crippen LogP contribution in [0.5, 0.6) is 0 Å². The molecule has 0 saturated heterocycles. The van der Waals surface area contributed by atoms with Crippen molar-refractivity contribution in [3.63, 3.8) is 0 Å². The fourth-order valence-corrected chi connectivity index (χ4v) is 1.98. The standard InChI is InChI=1S/C17H26N2O3/c1-17(2,3)11-15(21)19-12-16(22)18-10-9-14(20)13-7-5-4-6-8-13/h4-8,14,20H,9-12H2,1-3H3,(H,18,22)(H,19,21). The van der Waals surface area contributed by atoms with Gasteiger partial charge in [-0.1, -0.05) is 51.1 Å². The minimum Gasteiger partial charge on any atom is -0.388 e. The molecular weight excluding hydrogens is 280 g/mol. The highest BCUT2D eigenvalue weighted by molar-refractivity contribution is 5.84. The fraction of sp³-hybridized carbons (Fsp3) is 0.529. The average molecular weight is 306 g/mol. The van der Waals surface area contributed by atoms with Crippen molar-refractivity contribution in [3.05, 3.63) is 35.9 Å². The van der Waals surface area contributed by atoms with Crippen molar-refractivity contribution < 1.29 is 14.7 Å². The molecule has 5 nitrogen and oxygen atoms in total. The second-order valence-electron chi connectivity index (χ2n) is 6.58. The topological polar surface area (TPSA) is 78.4 Å². The van der Waals surface area contributed by atoms with Gasteiger partial charge < -0.3 is 15.7 Å². The van der Waals surface area contributed by atoms with Crippen molar-refractivity contribution in [2.45, 2.75) is 39.7 Å². The van der Waals surface area contributed by atoms with E-state index in [0.29, 0.717) is 19.4 Å². The number of amides is 2. The molecule has 0 heterocycles. The summed E-state index contributed by atoms with van der Waals surface area (Å²) in [5.41, 5.74) is 0.732. The van der Waals surface area contributed by atoms with Crippen molar-refractivity contribution in [1.29, 1.82) is 0 Å². The predicted molar refractivity (Wildman–Crippen MR) is 86.1 cm³/mol. The van der Waals surface area contributed by atoms with E-state index in [1.807, 2.05) is 51.1 Å². The third-order valence-corrected chi connectivity index (χ3v) is 3.06. The molecule has 0 fully saturated rings. The highest BCUT2D eigenvalue weighted by Crippen LogP contribution is 2.17. The first-order valence-corrected chi connectivity index (χ1v) is 7.54. The molecule has 1 aromatic carbocycles. The predicted octanol–water partition coefficient (Wildman–Crippen LogP) is 1.78. The Kier molecular flexibility index (Phi) is 7.05. The van der Waals surface area contributed by atoms with E-state index in [4.69, 9.17) is 0 Å². The van der Waals surface area contributed by atoms with Crippen LogP contribution in [-0.2, 0) is 9.59 Å². The third kappa shape index (κ3) is 7.78. The number of hydrogen-bond acceptors (Lipinski definition) is 3. The number of carbonyl (C=O) groups excluding carboxylic acids is 2. The van der Waals surface area contributed by atoms with Crippen LogP contribution in [-0.4, -0.2) is 30.0 Å². The molecule has 0 aliphatic heterocycles. The van der Waals surface area contributed by atoms with Crippen LogP contribution >= 0.6 is 0 Å². The molecule has 0 radical (unpaired) electrons. The Bertz CT molecular complexity index is 480. The van der Waals surface area contributed by atoms with Crippen LogP contribution in [0.25, 0.3) is 0 Å². The van der Waals surface area contributed by atoms with Crippen molar-refractivity contribution in [3.8, 4) is 0 Å². The zero-order valence-corrected chi connectivity index (χ0v) is 13.6. The summed E-state index contributed by atoms with van der Waals surface area (Å²) in [7, 11) is 0. The summed E-state index contributed by atoms with van der Waals surface area (Å²) in [6, 6.07) is 9.31. The maximum atomic E-state index is 11.6. The molecule has 3 N–H and O–H groups in total. The number of rotatable bonds is 7. The van der Waals surface area contributed by atoms with E-state index in [0.717, 1.165) is 5.56 Å². The lowest BCUT2D eigenvalue weighted by molar-refractivity contribution is -0.127. The Morgan fingerprint density at radius 2 is 1.73 bits per heavy atom. The first kappa shape index (κ1) is 18.2. The molecule has 122 valence electrons. The van der Waals surface area contributed by atoms with E-state index in [1.165, 1.54) is 0 Å². The molecule has 1 unspecified atom stereocenters. The van der Waals surface area contributed by atoms with Gasteiger partial charge in [0.1, 0.15) is 0 Å². The molecule has 0 saturated carbocycles. The molecule has 0 aliphatic carbocycles. The first-order chi connectivity index (χ1) is 10.3. The minimum absolute atomic E-state index is 0.0314. The summed E-state index contributed by atoms with van der Waals surface area (Å²) >= 11 is 0. The van der Waals surface area contributed by atoms with Crippen molar-refractivity contribution >= 4 is 11.8 Å². The number of carbonyl (C=O) groups is 2. The van der Waals surface area contributed by atoms with Crippen LogP contribution in [0.15, 0.2) is 30.3 Å². The van der Waals surface area contributed by atoms with Gasteiger partial charge in [-0.3, -0.25) is 9.59 Å². The maximum Gasteiger partial charge on any atom is 0.239 e. The molecule has 1 aromatic rings. The molecule has 1 atom stereocenters. The molecule has 22 heavy (non-hydrogen) atoms. The van der Waals surface area contributed by atoms with Gasteiger partial charge in [-0.2, -0.15) is 0 Å². The Balaban J connectivity index is 2.20. The van der Waals surface area contributed by atoms with Crippen molar-refractivity contribution in [2.75, 3.05) is 13.1 Å². The largest absolute Gasteiger partial charge is 0.388 e. The van der Waals surface area contributed by atoms with Gasteiger partial charge in [0.15, 0.2) is 0 Å². The molecule has 1 rings (SSSR count). The maximum absolute atomic E-state index is 11.6. The monoisotopic (exact) mass is 306 g/mol. The van der Waals surface area contributed by atoms with E-state index in [-0.39, 0.29) is 23.8 Å². The molecule has 0 spiro atoms. The second-order valence-corrected chi connectivity index (χ2v) is 6.58. The van der Waals surface area contributed by atoms with Gasteiger partial charge in [-0.25, -0.2) is 0 Å². The summed E-state index contributed by atoms with van der Waals surface area (Å²) in [5, 5.41) is 15.2. The summed E-state index contributed by atoms with van der Waals surface area (Å²) in [5.74, 6) is -0.380. The molecule has 0 aliphatic rings. The van der Waals surface area contributed by atoms with E-state index in [9.17, 15) is 14.7 Å². The average Bonchev–Trinajstić information content (AvgIpc) is 2.44. The Morgan fingerprint density at radius 3 is 2.32 bits per heavy atom. The lowest BCUT2D eigenvalue weighted by Crippen LogP contribution is -2.38. The summed E-state index contributed by atoms with van der Waals surface area (Å²) < 4.78 is 0. The third-order valence-electron chi connectivity index (χ3n) is 3.06.